The van der Waals surface area contributed by atoms with E-state index in [4.69, 9.17) is 5.11 Å². The first-order valence-corrected chi connectivity index (χ1v) is 10.2. The lowest BCUT2D eigenvalue weighted by atomic mass is 9.91. The summed E-state index contributed by atoms with van der Waals surface area (Å²) in [7, 11) is 0. The van der Waals surface area contributed by atoms with E-state index >= 15 is 0 Å². The number of nitrogens with one attached hydrogen (secondary N) is 1. The molecule has 4 aromatic rings. The summed E-state index contributed by atoms with van der Waals surface area (Å²) < 4.78 is 0.890. The van der Waals surface area contributed by atoms with Crippen molar-refractivity contribution in [2.45, 2.75) is 6.92 Å². The molecule has 1 amide bonds. The molecule has 0 aliphatic carbocycles. The molecule has 5 heteroatoms. The molecule has 0 bridgehead atoms. The van der Waals surface area contributed by atoms with Gasteiger partial charge >= 0.3 is 5.97 Å². The Balaban J connectivity index is 1.83. The zero-order valence-corrected chi connectivity index (χ0v) is 17.7. The van der Waals surface area contributed by atoms with E-state index in [1.54, 1.807) is 12.1 Å². The normalized spacial score (nSPS) is 10.7. The summed E-state index contributed by atoms with van der Waals surface area (Å²) in [4.78, 5) is 24.4. The van der Waals surface area contributed by atoms with Crippen LogP contribution in [0.25, 0.3) is 21.9 Å². The van der Waals surface area contributed by atoms with Crippen LogP contribution < -0.4 is 5.32 Å². The number of halogens is 1. The van der Waals surface area contributed by atoms with Crippen molar-refractivity contribution in [2.24, 2.45) is 0 Å². The van der Waals surface area contributed by atoms with Crippen LogP contribution in [0.1, 0.15) is 26.3 Å². The number of carbonyl (C=O) groups is 2. The van der Waals surface area contributed by atoms with Crippen LogP contribution in [0.3, 0.4) is 0 Å². The van der Waals surface area contributed by atoms with Crippen LogP contribution in [-0.4, -0.2) is 17.0 Å². The van der Waals surface area contributed by atoms with Crippen LogP contribution in [0.5, 0.6) is 0 Å². The van der Waals surface area contributed by atoms with E-state index in [1.807, 2.05) is 55.5 Å². The smallest absolute Gasteiger partial charge is 0.335 e. The van der Waals surface area contributed by atoms with Gasteiger partial charge in [-0.1, -0.05) is 52.3 Å². The van der Waals surface area contributed by atoms with E-state index in [9.17, 15) is 9.59 Å². The quantitative estimate of drug-likeness (QED) is 0.364. The van der Waals surface area contributed by atoms with Crippen LogP contribution in [-0.2, 0) is 0 Å². The second-order valence-corrected chi connectivity index (χ2v) is 7.91. The standard InChI is InChI=1S/C25H18BrNO3/c1-15-21(16-5-3-2-4-6-16)13-18-7-10-19(26)14-22(18)23(15)24(28)27-20-11-8-17(9-12-20)25(29)30/h2-14H,1H3,(H,27,28)(H,29,30). The van der Waals surface area contributed by atoms with E-state index in [1.165, 1.54) is 12.1 Å². The first kappa shape index (κ1) is 19.9. The summed E-state index contributed by atoms with van der Waals surface area (Å²) in [5.41, 5.74) is 4.22. The molecular weight excluding hydrogens is 442 g/mol. The van der Waals surface area contributed by atoms with Crippen LogP contribution in [0.4, 0.5) is 5.69 Å². The Labute approximate surface area is 182 Å². The summed E-state index contributed by atoms with van der Waals surface area (Å²) in [5.74, 6) is -1.24. The highest BCUT2D eigenvalue weighted by Crippen LogP contribution is 2.34. The summed E-state index contributed by atoms with van der Waals surface area (Å²) in [6.07, 6.45) is 0. The topological polar surface area (TPSA) is 66.4 Å². The lowest BCUT2D eigenvalue weighted by Gasteiger charge is -2.16. The van der Waals surface area contributed by atoms with Crippen molar-refractivity contribution < 1.29 is 14.7 Å². The highest BCUT2D eigenvalue weighted by molar-refractivity contribution is 9.10. The van der Waals surface area contributed by atoms with Gasteiger partial charge in [-0.25, -0.2) is 4.79 Å². The summed E-state index contributed by atoms with van der Waals surface area (Å²) in [5, 5.41) is 13.8. The fourth-order valence-corrected chi connectivity index (χ4v) is 3.93. The fraction of sp³-hybridized carbons (Fsp3) is 0.0400. The van der Waals surface area contributed by atoms with Crippen molar-refractivity contribution in [1.29, 1.82) is 0 Å². The number of hydrogen-bond donors (Lipinski definition) is 2. The third-order valence-electron chi connectivity index (χ3n) is 5.07. The lowest BCUT2D eigenvalue weighted by Crippen LogP contribution is -2.15. The predicted molar refractivity (Wildman–Crippen MR) is 123 cm³/mol. The molecule has 30 heavy (non-hydrogen) atoms. The second-order valence-electron chi connectivity index (χ2n) is 6.99. The fourth-order valence-electron chi connectivity index (χ4n) is 3.57. The minimum atomic E-state index is -1.00. The number of carboxylic acids is 1. The van der Waals surface area contributed by atoms with E-state index in [0.29, 0.717) is 11.3 Å². The van der Waals surface area contributed by atoms with Gasteiger partial charge in [0.05, 0.1) is 11.1 Å². The predicted octanol–water partition coefficient (Wildman–Crippen LogP) is 6.53. The second kappa shape index (κ2) is 8.13. The summed E-state index contributed by atoms with van der Waals surface area (Å²) in [6, 6.07) is 24.1. The molecule has 0 saturated heterocycles. The van der Waals surface area contributed by atoms with Gasteiger partial charge in [0.25, 0.3) is 5.91 Å². The molecule has 4 aromatic carbocycles. The number of hydrogen-bond acceptors (Lipinski definition) is 2. The van der Waals surface area contributed by atoms with Gasteiger partial charge in [-0.15, -0.1) is 0 Å². The number of benzene rings is 4. The Morgan fingerprint density at radius 1 is 0.900 bits per heavy atom. The molecular formula is C25H18BrNO3. The van der Waals surface area contributed by atoms with Gasteiger partial charge in [0, 0.05) is 10.2 Å². The van der Waals surface area contributed by atoms with Crippen molar-refractivity contribution in [1.82, 2.24) is 0 Å². The van der Waals surface area contributed by atoms with Crippen LogP contribution in [0, 0.1) is 6.92 Å². The molecule has 0 fully saturated rings. The molecule has 0 aliphatic rings. The molecule has 2 N–H and O–H groups in total. The largest absolute Gasteiger partial charge is 0.478 e. The van der Waals surface area contributed by atoms with E-state index < -0.39 is 5.97 Å². The summed E-state index contributed by atoms with van der Waals surface area (Å²) in [6.45, 7) is 1.95. The first-order valence-electron chi connectivity index (χ1n) is 9.37. The zero-order valence-electron chi connectivity index (χ0n) is 16.1. The van der Waals surface area contributed by atoms with Gasteiger partial charge in [-0.05, 0) is 76.9 Å². The third-order valence-corrected chi connectivity index (χ3v) is 5.56. The maximum absolute atomic E-state index is 13.3. The van der Waals surface area contributed by atoms with Crippen molar-refractivity contribution in [3.63, 3.8) is 0 Å². The zero-order chi connectivity index (χ0) is 21.3. The number of rotatable bonds is 4. The minimum absolute atomic E-state index is 0.171. The van der Waals surface area contributed by atoms with Crippen molar-refractivity contribution >= 4 is 44.3 Å². The minimum Gasteiger partial charge on any atom is -0.478 e. The summed E-state index contributed by atoms with van der Waals surface area (Å²) >= 11 is 3.50. The highest BCUT2D eigenvalue weighted by Gasteiger charge is 2.18. The van der Waals surface area contributed by atoms with Crippen LogP contribution in [0.2, 0.25) is 0 Å². The molecule has 4 nitrogen and oxygen atoms in total. The molecule has 4 rings (SSSR count). The number of carboxylic acid groups (broad SMARTS) is 1. The van der Waals surface area contributed by atoms with E-state index in [2.05, 4.69) is 27.3 Å². The van der Waals surface area contributed by atoms with E-state index in [0.717, 1.165) is 31.9 Å². The van der Waals surface area contributed by atoms with E-state index in [-0.39, 0.29) is 11.5 Å². The van der Waals surface area contributed by atoms with Gasteiger partial charge in [0.15, 0.2) is 0 Å². The van der Waals surface area contributed by atoms with Crippen molar-refractivity contribution in [3.05, 3.63) is 100 Å². The number of anilines is 1. The SMILES string of the molecule is Cc1c(-c2ccccc2)cc2ccc(Br)cc2c1C(=O)Nc1ccc(C(=O)O)cc1. The third kappa shape index (κ3) is 3.84. The van der Waals surface area contributed by atoms with Crippen LogP contribution in [0.15, 0.2) is 83.3 Å². The molecule has 0 radical (unpaired) electrons. The average Bonchev–Trinajstić information content (AvgIpc) is 2.74. The Morgan fingerprint density at radius 3 is 2.27 bits per heavy atom. The van der Waals surface area contributed by atoms with Gasteiger partial charge in [0.1, 0.15) is 0 Å². The van der Waals surface area contributed by atoms with Gasteiger partial charge in [-0.3, -0.25) is 4.79 Å². The van der Waals surface area contributed by atoms with Crippen LogP contribution >= 0.6 is 15.9 Å². The molecule has 0 saturated carbocycles. The van der Waals surface area contributed by atoms with Gasteiger partial charge in [-0.2, -0.15) is 0 Å². The Hall–Kier alpha value is -3.44. The Bertz CT molecular complexity index is 1270. The Morgan fingerprint density at radius 2 is 1.60 bits per heavy atom. The number of amides is 1. The van der Waals surface area contributed by atoms with Crippen molar-refractivity contribution in [2.75, 3.05) is 5.32 Å². The molecule has 0 aromatic heterocycles. The highest BCUT2D eigenvalue weighted by atomic mass is 79.9. The number of carbonyl (C=O) groups excluding carboxylic acids is 1. The number of aromatic carboxylic acids is 1. The average molecular weight is 460 g/mol. The monoisotopic (exact) mass is 459 g/mol. The van der Waals surface area contributed by atoms with Crippen molar-refractivity contribution in [3.8, 4) is 11.1 Å². The Kier molecular flexibility index (Phi) is 5.38. The van der Waals surface area contributed by atoms with Gasteiger partial charge in [0.2, 0.25) is 0 Å². The molecule has 0 heterocycles. The lowest BCUT2D eigenvalue weighted by molar-refractivity contribution is 0.0696. The maximum atomic E-state index is 13.3. The molecule has 148 valence electrons. The van der Waals surface area contributed by atoms with Gasteiger partial charge < -0.3 is 10.4 Å². The number of fused-ring (bicyclic) bond motifs is 1. The molecule has 0 spiro atoms. The first-order chi connectivity index (χ1) is 14.4. The molecule has 0 atom stereocenters. The maximum Gasteiger partial charge on any atom is 0.335 e. The molecule has 0 unspecified atom stereocenters. The molecule has 0 aliphatic heterocycles.